The van der Waals surface area contributed by atoms with Gasteiger partial charge in [-0.3, -0.25) is 0 Å². The zero-order valence-corrected chi connectivity index (χ0v) is 17.6. The molecule has 3 nitrogen and oxygen atoms in total. The first-order chi connectivity index (χ1) is 14.3. The second-order valence-electron chi connectivity index (χ2n) is 7.92. The molecule has 2 atom stereocenters. The maximum atomic E-state index is 3.79. The molecule has 2 aromatic carbocycles. The standard InChI is InChI=1S/C25H27N3S/c1-18-22(12-11-19-7-3-2-4-8-19)26-14-15-28(18)25-21-13-16-29-24(21)17-20-9-5-6-10-23(20)27-25/h2-10,13,16-18,22,26-27H,11-12,14-15H2,1H3. The van der Waals surface area contributed by atoms with Gasteiger partial charge in [-0.2, -0.15) is 0 Å². The zero-order valence-electron chi connectivity index (χ0n) is 16.8. The molecule has 3 heterocycles. The Morgan fingerprint density at radius 3 is 2.76 bits per heavy atom. The Balaban J connectivity index is 1.44. The van der Waals surface area contributed by atoms with Crippen molar-refractivity contribution >= 4 is 28.9 Å². The van der Waals surface area contributed by atoms with Gasteiger partial charge >= 0.3 is 0 Å². The van der Waals surface area contributed by atoms with Crippen molar-refractivity contribution in [2.24, 2.45) is 0 Å². The van der Waals surface area contributed by atoms with Crippen LogP contribution in [0.3, 0.4) is 0 Å². The number of aryl methyl sites for hydroxylation is 1. The molecule has 0 radical (unpaired) electrons. The number of thiophene rings is 1. The lowest BCUT2D eigenvalue weighted by molar-refractivity contribution is 0.191. The summed E-state index contributed by atoms with van der Waals surface area (Å²) in [7, 11) is 0. The van der Waals surface area contributed by atoms with Gasteiger partial charge in [0.2, 0.25) is 0 Å². The summed E-state index contributed by atoms with van der Waals surface area (Å²) >= 11 is 1.82. The molecule has 5 rings (SSSR count). The van der Waals surface area contributed by atoms with Gasteiger partial charge in [0, 0.05) is 40.6 Å². The van der Waals surface area contributed by atoms with E-state index in [0.717, 1.165) is 25.9 Å². The number of rotatable bonds is 4. The van der Waals surface area contributed by atoms with Crippen LogP contribution in [0.2, 0.25) is 0 Å². The number of hydrogen-bond donors (Lipinski definition) is 2. The summed E-state index contributed by atoms with van der Waals surface area (Å²) in [6, 6.07) is 22.6. The Bertz CT molecular complexity index is 1100. The van der Waals surface area contributed by atoms with E-state index >= 15 is 0 Å². The van der Waals surface area contributed by atoms with E-state index in [0.29, 0.717) is 12.1 Å². The molecule has 0 amide bonds. The van der Waals surface area contributed by atoms with Crippen LogP contribution in [0.4, 0.5) is 5.69 Å². The normalized spacial score (nSPS) is 20.9. The first-order valence-corrected chi connectivity index (χ1v) is 11.4. The molecule has 0 aliphatic carbocycles. The maximum absolute atomic E-state index is 3.79. The second kappa shape index (κ2) is 8.05. The first kappa shape index (κ1) is 18.5. The van der Waals surface area contributed by atoms with Crippen molar-refractivity contribution in [3.8, 4) is 0 Å². The van der Waals surface area contributed by atoms with E-state index in [1.165, 1.54) is 32.4 Å². The summed E-state index contributed by atoms with van der Waals surface area (Å²) in [6.45, 7) is 4.39. The van der Waals surface area contributed by atoms with Crippen LogP contribution in [0.1, 0.15) is 24.5 Å². The third-order valence-corrected chi connectivity index (χ3v) is 7.02. The van der Waals surface area contributed by atoms with Crippen molar-refractivity contribution in [2.45, 2.75) is 31.8 Å². The van der Waals surface area contributed by atoms with Crippen LogP contribution in [0.15, 0.2) is 66.0 Å². The quantitative estimate of drug-likeness (QED) is 0.702. The van der Waals surface area contributed by atoms with Crippen molar-refractivity contribution in [1.29, 1.82) is 0 Å². The highest BCUT2D eigenvalue weighted by Crippen LogP contribution is 2.24. The van der Waals surface area contributed by atoms with E-state index in [2.05, 4.69) is 94.6 Å². The lowest BCUT2D eigenvalue weighted by Gasteiger charge is -2.43. The van der Waals surface area contributed by atoms with Gasteiger partial charge in [-0.25, -0.2) is 0 Å². The van der Waals surface area contributed by atoms with Crippen molar-refractivity contribution < 1.29 is 0 Å². The summed E-state index contributed by atoms with van der Waals surface area (Å²) in [6.07, 6.45) is 4.57. The third kappa shape index (κ3) is 3.70. The van der Waals surface area contributed by atoms with Gasteiger partial charge < -0.3 is 15.5 Å². The van der Waals surface area contributed by atoms with Gasteiger partial charge in [0.25, 0.3) is 0 Å². The van der Waals surface area contributed by atoms with Gasteiger partial charge in [0.15, 0.2) is 0 Å². The third-order valence-electron chi connectivity index (χ3n) is 6.16. The minimum atomic E-state index is 0.424. The van der Waals surface area contributed by atoms with Gasteiger partial charge in [-0.05, 0) is 54.5 Å². The highest BCUT2D eigenvalue weighted by molar-refractivity contribution is 7.07. The van der Waals surface area contributed by atoms with Gasteiger partial charge in [-0.15, -0.1) is 11.3 Å². The molecule has 0 saturated carbocycles. The number of nitrogens with one attached hydrogen (secondary N) is 2. The van der Waals surface area contributed by atoms with Crippen LogP contribution in [0.25, 0.3) is 11.9 Å². The molecule has 0 bridgehead atoms. The van der Waals surface area contributed by atoms with E-state index in [1.807, 2.05) is 11.3 Å². The Kier molecular flexibility index (Phi) is 5.13. The van der Waals surface area contributed by atoms with Gasteiger partial charge in [0.05, 0.1) is 0 Å². The Morgan fingerprint density at radius 2 is 1.86 bits per heavy atom. The van der Waals surface area contributed by atoms with Crippen LogP contribution in [0.5, 0.6) is 0 Å². The van der Waals surface area contributed by atoms with Gasteiger partial charge in [0.1, 0.15) is 5.82 Å². The average Bonchev–Trinajstić information content (AvgIpc) is 3.15. The number of hydrogen-bond acceptors (Lipinski definition) is 4. The second-order valence-corrected chi connectivity index (χ2v) is 8.87. The SMILES string of the molecule is CC1C(CCc2ccccc2)NCCN1C1=c2ccsc2=Cc2ccccc2N1. The summed E-state index contributed by atoms with van der Waals surface area (Å²) in [5.74, 6) is 1.25. The summed E-state index contributed by atoms with van der Waals surface area (Å²) in [5, 5.41) is 11.1. The lowest BCUT2D eigenvalue weighted by Crippen LogP contribution is -2.57. The van der Waals surface area contributed by atoms with E-state index in [9.17, 15) is 0 Å². The van der Waals surface area contributed by atoms with Crippen LogP contribution in [-0.2, 0) is 6.42 Å². The number of fused-ring (bicyclic) bond motifs is 2. The number of benzene rings is 2. The molecular weight excluding hydrogens is 374 g/mol. The average molecular weight is 402 g/mol. The molecule has 1 aromatic heterocycles. The Morgan fingerprint density at radius 1 is 1.03 bits per heavy atom. The van der Waals surface area contributed by atoms with Crippen LogP contribution < -0.4 is 20.4 Å². The smallest absolute Gasteiger partial charge is 0.115 e. The fraction of sp³-hybridized carbons (Fsp3) is 0.280. The molecule has 2 aliphatic heterocycles. The van der Waals surface area contributed by atoms with Crippen molar-refractivity contribution in [1.82, 2.24) is 10.2 Å². The minimum absolute atomic E-state index is 0.424. The largest absolute Gasteiger partial charge is 0.352 e. The highest BCUT2D eigenvalue weighted by atomic mass is 32.1. The predicted molar refractivity (Wildman–Crippen MR) is 123 cm³/mol. The Labute approximate surface area is 176 Å². The minimum Gasteiger partial charge on any atom is -0.352 e. The molecular formula is C25H27N3S. The number of piperazine rings is 1. The van der Waals surface area contributed by atoms with Crippen LogP contribution in [0, 0.1) is 0 Å². The number of nitrogens with zero attached hydrogens (tertiary/aromatic N) is 1. The maximum Gasteiger partial charge on any atom is 0.115 e. The van der Waals surface area contributed by atoms with E-state index in [-0.39, 0.29) is 0 Å². The molecule has 148 valence electrons. The summed E-state index contributed by atoms with van der Waals surface area (Å²) < 4.78 is 1.34. The molecule has 2 unspecified atom stereocenters. The van der Waals surface area contributed by atoms with E-state index in [4.69, 9.17) is 0 Å². The molecule has 4 heteroatoms. The van der Waals surface area contributed by atoms with Gasteiger partial charge in [-0.1, -0.05) is 48.5 Å². The monoisotopic (exact) mass is 401 g/mol. The van der Waals surface area contributed by atoms with Crippen molar-refractivity contribution in [2.75, 3.05) is 18.4 Å². The molecule has 3 aromatic rings. The molecule has 29 heavy (non-hydrogen) atoms. The van der Waals surface area contributed by atoms with Crippen molar-refractivity contribution in [3.05, 3.63) is 86.9 Å². The molecule has 0 spiro atoms. The molecule has 2 N–H and O–H groups in total. The number of anilines is 1. The molecule has 1 fully saturated rings. The Hall–Kier alpha value is -2.56. The van der Waals surface area contributed by atoms with Crippen LogP contribution in [-0.4, -0.2) is 30.1 Å². The van der Waals surface area contributed by atoms with Crippen molar-refractivity contribution in [3.63, 3.8) is 0 Å². The fourth-order valence-electron chi connectivity index (χ4n) is 4.52. The highest BCUT2D eigenvalue weighted by Gasteiger charge is 2.30. The fourth-order valence-corrected chi connectivity index (χ4v) is 5.35. The summed E-state index contributed by atoms with van der Waals surface area (Å²) in [4.78, 5) is 2.58. The first-order valence-electron chi connectivity index (χ1n) is 10.5. The lowest BCUT2D eigenvalue weighted by atomic mass is 9.97. The number of para-hydroxylation sites is 1. The van der Waals surface area contributed by atoms with Crippen LogP contribution >= 0.6 is 11.3 Å². The van der Waals surface area contributed by atoms with E-state index < -0.39 is 0 Å². The zero-order chi connectivity index (χ0) is 19.6. The molecule has 2 aliphatic rings. The topological polar surface area (TPSA) is 27.3 Å². The summed E-state index contributed by atoms with van der Waals surface area (Å²) in [5.41, 5.74) is 3.87. The predicted octanol–water partition coefficient (Wildman–Crippen LogP) is 3.36. The van der Waals surface area contributed by atoms with E-state index in [1.54, 1.807) is 0 Å². The molecule has 1 saturated heterocycles.